The van der Waals surface area contributed by atoms with Crippen LogP contribution in [0.4, 0.5) is 0 Å². The van der Waals surface area contributed by atoms with E-state index in [0.717, 1.165) is 0 Å². The number of aryl methyl sites for hydroxylation is 1. The molecule has 0 spiro atoms. The molecule has 15 heavy (non-hydrogen) atoms. The Morgan fingerprint density at radius 1 is 1.67 bits per heavy atom. The van der Waals surface area contributed by atoms with Crippen molar-refractivity contribution in [2.24, 2.45) is 5.73 Å². The Kier molecular flexibility index (Phi) is 3.48. The van der Waals surface area contributed by atoms with Crippen molar-refractivity contribution in [1.29, 1.82) is 0 Å². The average Bonchev–Trinajstić information content (AvgIpc) is 2.63. The monoisotopic (exact) mass is 232 g/mol. The van der Waals surface area contributed by atoms with E-state index in [1.54, 1.807) is 13.8 Å². The molecule has 1 heterocycles. The summed E-state index contributed by atoms with van der Waals surface area (Å²) in [6.07, 6.45) is 1.31. The molecule has 1 unspecified atom stereocenters. The molecule has 0 bridgehead atoms. The highest BCUT2D eigenvalue weighted by molar-refractivity contribution is 7.89. The molecule has 1 rings (SSSR count). The number of sulfonamides is 1. The number of nitrogens with one attached hydrogen (secondary N) is 1. The first kappa shape index (κ1) is 12.2. The van der Waals surface area contributed by atoms with E-state index in [2.05, 4.69) is 9.97 Å². The van der Waals surface area contributed by atoms with Crippen LogP contribution >= 0.6 is 0 Å². The van der Waals surface area contributed by atoms with Crippen LogP contribution < -0.4 is 5.73 Å². The zero-order valence-corrected chi connectivity index (χ0v) is 9.87. The van der Waals surface area contributed by atoms with Crippen LogP contribution in [-0.2, 0) is 10.0 Å². The number of aromatic nitrogens is 2. The molecule has 0 aliphatic heterocycles. The van der Waals surface area contributed by atoms with Gasteiger partial charge in [-0.15, -0.1) is 0 Å². The van der Waals surface area contributed by atoms with Gasteiger partial charge in [0, 0.05) is 19.6 Å². The van der Waals surface area contributed by atoms with Crippen LogP contribution in [0.25, 0.3) is 0 Å². The van der Waals surface area contributed by atoms with Crippen LogP contribution in [-0.4, -0.2) is 42.3 Å². The first-order chi connectivity index (χ1) is 6.89. The van der Waals surface area contributed by atoms with Gasteiger partial charge in [0.15, 0.2) is 5.03 Å². The first-order valence-corrected chi connectivity index (χ1v) is 6.03. The van der Waals surface area contributed by atoms with Gasteiger partial charge >= 0.3 is 0 Å². The predicted molar refractivity (Wildman–Crippen MR) is 56.8 cm³/mol. The zero-order valence-electron chi connectivity index (χ0n) is 9.06. The third-order valence-corrected chi connectivity index (χ3v) is 4.18. The Morgan fingerprint density at radius 3 is 2.67 bits per heavy atom. The number of hydrogen-bond acceptors (Lipinski definition) is 4. The van der Waals surface area contributed by atoms with Gasteiger partial charge in [-0.3, -0.25) is 0 Å². The number of nitrogens with two attached hydrogens (primary N) is 1. The fourth-order valence-corrected chi connectivity index (χ4v) is 2.40. The van der Waals surface area contributed by atoms with Gasteiger partial charge in [0.05, 0.1) is 6.20 Å². The maximum absolute atomic E-state index is 11.9. The minimum absolute atomic E-state index is 0.0998. The zero-order chi connectivity index (χ0) is 11.6. The molecule has 1 aromatic heterocycles. The maximum atomic E-state index is 11.9. The van der Waals surface area contributed by atoms with Crippen molar-refractivity contribution in [3.8, 4) is 0 Å². The minimum Gasteiger partial charge on any atom is -0.332 e. The van der Waals surface area contributed by atoms with Gasteiger partial charge in [-0.1, -0.05) is 0 Å². The minimum atomic E-state index is -3.49. The maximum Gasteiger partial charge on any atom is 0.260 e. The molecule has 0 saturated carbocycles. The van der Waals surface area contributed by atoms with E-state index in [1.165, 1.54) is 17.5 Å². The van der Waals surface area contributed by atoms with Crippen molar-refractivity contribution >= 4 is 10.0 Å². The molecule has 1 aromatic rings. The molecule has 0 amide bonds. The Morgan fingerprint density at radius 2 is 2.27 bits per heavy atom. The smallest absolute Gasteiger partial charge is 0.260 e. The van der Waals surface area contributed by atoms with Crippen molar-refractivity contribution in [3.05, 3.63) is 12.0 Å². The van der Waals surface area contributed by atoms with Crippen molar-refractivity contribution < 1.29 is 8.42 Å². The number of nitrogens with zero attached hydrogens (tertiary/aromatic N) is 2. The third-order valence-electron chi connectivity index (χ3n) is 2.30. The molecule has 0 radical (unpaired) electrons. The molecule has 6 nitrogen and oxygen atoms in total. The predicted octanol–water partition coefficient (Wildman–Crippen LogP) is -0.314. The van der Waals surface area contributed by atoms with Crippen LogP contribution in [0.2, 0.25) is 0 Å². The van der Waals surface area contributed by atoms with Crippen LogP contribution in [0, 0.1) is 6.92 Å². The number of H-pyrrole nitrogens is 1. The van der Waals surface area contributed by atoms with Gasteiger partial charge in [-0.25, -0.2) is 13.4 Å². The van der Waals surface area contributed by atoms with Gasteiger partial charge < -0.3 is 10.7 Å². The topological polar surface area (TPSA) is 92.1 Å². The Bertz CT molecular complexity index is 426. The second-order valence-corrected chi connectivity index (χ2v) is 5.40. The summed E-state index contributed by atoms with van der Waals surface area (Å²) >= 11 is 0. The summed E-state index contributed by atoms with van der Waals surface area (Å²) in [5.74, 6) is 0.572. The fourth-order valence-electron chi connectivity index (χ4n) is 1.07. The van der Waals surface area contributed by atoms with E-state index < -0.39 is 10.0 Å². The average molecular weight is 232 g/mol. The van der Waals surface area contributed by atoms with Crippen LogP contribution in [0.15, 0.2) is 11.2 Å². The van der Waals surface area contributed by atoms with Gasteiger partial charge in [-0.2, -0.15) is 4.31 Å². The Labute approximate surface area is 89.5 Å². The summed E-state index contributed by atoms with van der Waals surface area (Å²) in [5.41, 5.74) is 5.42. The van der Waals surface area contributed by atoms with Crippen molar-refractivity contribution in [1.82, 2.24) is 14.3 Å². The highest BCUT2D eigenvalue weighted by Crippen LogP contribution is 2.13. The third kappa shape index (κ3) is 2.36. The molecule has 3 N–H and O–H groups in total. The molecule has 0 aromatic carbocycles. The highest BCUT2D eigenvalue weighted by atomic mass is 32.2. The van der Waals surface area contributed by atoms with Gasteiger partial charge in [0.1, 0.15) is 5.82 Å². The number of rotatable bonds is 4. The molecule has 7 heteroatoms. The lowest BCUT2D eigenvalue weighted by molar-refractivity contribution is 0.393. The lowest BCUT2D eigenvalue weighted by Gasteiger charge is -2.21. The van der Waals surface area contributed by atoms with Gasteiger partial charge in [0.25, 0.3) is 10.0 Å². The van der Waals surface area contributed by atoms with Crippen LogP contribution in [0.5, 0.6) is 0 Å². The van der Waals surface area contributed by atoms with Gasteiger partial charge in [0.2, 0.25) is 0 Å². The van der Waals surface area contributed by atoms with Crippen LogP contribution in [0.1, 0.15) is 12.7 Å². The highest BCUT2D eigenvalue weighted by Gasteiger charge is 2.26. The van der Waals surface area contributed by atoms with E-state index in [1.807, 2.05) is 0 Å². The standard InChI is InChI=1S/C8H16N4O2S/c1-6(4-9)12(3)15(13,14)8-5-10-7(2)11-8/h5-6H,4,9H2,1-3H3,(H,10,11). The van der Waals surface area contributed by atoms with E-state index in [0.29, 0.717) is 5.82 Å². The molecular formula is C8H16N4O2S. The summed E-state index contributed by atoms with van der Waals surface area (Å²) in [6.45, 7) is 3.73. The summed E-state index contributed by atoms with van der Waals surface area (Å²) < 4.78 is 25.1. The lowest BCUT2D eigenvalue weighted by Crippen LogP contribution is -2.39. The second kappa shape index (κ2) is 4.30. The molecule has 86 valence electrons. The van der Waals surface area contributed by atoms with Crippen molar-refractivity contribution in [2.45, 2.75) is 24.9 Å². The number of aromatic amines is 1. The normalized spacial score (nSPS) is 14.5. The Balaban J connectivity index is 3.03. The number of imidazole rings is 1. The molecule has 0 aliphatic carbocycles. The van der Waals surface area contributed by atoms with Crippen molar-refractivity contribution in [2.75, 3.05) is 13.6 Å². The van der Waals surface area contributed by atoms with E-state index in [-0.39, 0.29) is 17.6 Å². The fraction of sp³-hybridized carbons (Fsp3) is 0.625. The van der Waals surface area contributed by atoms with Crippen LogP contribution in [0.3, 0.4) is 0 Å². The second-order valence-electron chi connectivity index (χ2n) is 3.44. The molecule has 0 aliphatic rings. The molecular weight excluding hydrogens is 216 g/mol. The van der Waals surface area contributed by atoms with E-state index in [4.69, 9.17) is 5.73 Å². The number of hydrogen-bond donors (Lipinski definition) is 2. The molecule has 0 saturated heterocycles. The summed E-state index contributed by atoms with van der Waals surface area (Å²) in [4.78, 5) is 6.55. The van der Waals surface area contributed by atoms with E-state index in [9.17, 15) is 8.42 Å². The van der Waals surface area contributed by atoms with Crippen molar-refractivity contribution in [3.63, 3.8) is 0 Å². The molecule has 0 fully saturated rings. The summed E-state index contributed by atoms with van der Waals surface area (Å²) in [6, 6.07) is -0.237. The first-order valence-electron chi connectivity index (χ1n) is 4.59. The molecule has 1 atom stereocenters. The summed E-state index contributed by atoms with van der Waals surface area (Å²) in [7, 11) is -1.99. The summed E-state index contributed by atoms with van der Waals surface area (Å²) in [5, 5.41) is 0.0998. The van der Waals surface area contributed by atoms with E-state index >= 15 is 0 Å². The Hall–Kier alpha value is -0.920. The van der Waals surface area contributed by atoms with Gasteiger partial charge in [-0.05, 0) is 13.8 Å². The SMILES string of the molecule is Cc1ncc(S(=O)(=O)N(C)C(C)CN)[nH]1. The largest absolute Gasteiger partial charge is 0.332 e. The quantitative estimate of drug-likeness (QED) is 0.744. The lowest BCUT2D eigenvalue weighted by atomic mass is 10.4. The number of likely N-dealkylation sites (N-methyl/N-ethyl adjacent to an activating group) is 1.